The van der Waals surface area contributed by atoms with Gasteiger partial charge in [-0.15, -0.1) is 0 Å². The molecular weight excluding hydrogens is 293 g/mol. The van der Waals surface area contributed by atoms with E-state index in [-0.39, 0.29) is 11.9 Å². The summed E-state index contributed by atoms with van der Waals surface area (Å²) in [5.74, 6) is 2.40. The van der Waals surface area contributed by atoms with E-state index in [1.165, 1.54) is 19.3 Å². The largest absolute Gasteiger partial charge is 0.310 e. The molecule has 1 N–H and O–H groups in total. The van der Waals surface area contributed by atoms with Gasteiger partial charge in [-0.05, 0) is 61.8 Å². The molecule has 2 fully saturated rings. The lowest BCUT2D eigenvalue weighted by molar-refractivity contribution is 0.337. The summed E-state index contributed by atoms with van der Waals surface area (Å²) in [6.07, 6.45) is 3.96. The van der Waals surface area contributed by atoms with Crippen LogP contribution in [0.3, 0.4) is 0 Å². The second-order valence-corrected chi connectivity index (χ2v) is 6.60. The Hall–Kier alpha value is -0.410. The normalized spacial score (nSPS) is 31.2. The van der Waals surface area contributed by atoms with Crippen molar-refractivity contribution in [1.82, 2.24) is 5.32 Å². The van der Waals surface area contributed by atoms with E-state index in [1.54, 1.807) is 12.1 Å². The number of hydrogen-bond donors (Lipinski definition) is 1. The van der Waals surface area contributed by atoms with E-state index >= 15 is 0 Å². The third kappa shape index (κ3) is 2.35. The summed E-state index contributed by atoms with van der Waals surface area (Å²) in [6, 6.07) is 5.46. The van der Waals surface area contributed by atoms with Gasteiger partial charge in [0, 0.05) is 16.1 Å². The van der Waals surface area contributed by atoms with Gasteiger partial charge in [-0.25, -0.2) is 4.39 Å². The van der Waals surface area contributed by atoms with E-state index in [9.17, 15) is 4.39 Å². The molecule has 3 atom stereocenters. The smallest absolute Gasteiger partial charge is 0.128 e. The molecule has 3 heteroatoms. The third-order valence-electron chi connectivity index (χ3n) is 4.47. The Morgan fingerprint density at radius 2 is 2.06 bits per heavy atom. The second kappa shape index (κ2) is 4.93. The fraction of sp³-hybridized carbons (Fsp3) is 0.600. The Morgan fingerprint density at radius 1 is 1.33 bits per heavy atom. The summed E-state index contributed by atoms with van der Waals surface area (Å²) in [5.41, 5.74) is 0.831. The topological polar surface area (TPSA) is 12.0 Å². The number of hydrogen-bond acceptors (Lipinski definition) is 1. The number of fused-ring (bicyclic) bond motifs is 1. The highest BCUT2D eigenvalue weighted by Crippen LogP contribution is 2.57. The van der Waals surface area contributed by atoms with Crippen LogP contribution in [0.5, 0.6) is 0 Å². The van der Waals surface area contributed by atoms with Crippen molar-refractivity contribution in [3.05, 3.63) is 34.1 Å². The van der Waals surface area contributed by atoms with Crippen molar-refractivity contribution in [3.8, 4) is 0 Å². The molecule has 0 radical (unpaired) electrons. The molecule has 18 heavy (non-hydrogen) atoms. The van der Waals surface area contributed by atoms with Crippen LogP contribution >= 0.6 is 15.9 Å². The Bertz CT molecular complexity index is 438. The van der Waals surface area contributed by atoms with Crippen molar-refractivity contribution in [3.63, 3.8) is 0 Å². The van der Waals surface area contributed by atoms with Gasteiger partial charge < -0.3 is 5.32 Å². The van der Waals surface area contributed by atoms with Crippen molar-refractivity contribution in [2.75, 3.05) is 6.54 Å². The van der Waals surface area contributed by atoms with Crippen molar-refractivity contribution >= 4 is 15.9 Å². The number of rotatable bonds is 4. The van der Waals surface area contributed by atoms with E-state index in [0.29, 0.717) is 5.92 Å². The Balaban J connectivity index is 1.85. The summed E-state index contributed by atoms with van der Waals surface area (Å²) in [7, 11) is 0. The molecule has 0 heterocycles. The Labute approximate surface area is 116 Å². The minimum absolute atomic E-state index is 0.0790. The highest BCUT2D eigenvalue weighted by Gasteiger charge is 2.48. The lowest BCUT2D eigenvalue weighted by Gasteiger charge is -2.26. The fourth-order valence-electron chi connectivity index (χ4n) is 3.54. The maximum Gasteiger partial charge on any atom is 0.128 e. The van der Waals surface area contributed by atoms with Crippen molar-refractivity contribution in [1.29, 1.82) is 0 Å². The SMILES string of the molecule is CCNC(c1cc(Br)ccc1F)C1CC2CC2C1. The first kappa shape index (κ1) is 12.6. The Morgan fingerprint density at radius 3 is 2.72 bits per heavy atom. The molecule has 1 nitrogen and oxygen atoms in total. The van der Waals surface area contributed by atoms with E-state index in [2.05, 4.69) is 28.2 Å². The quantitative estimate of drug-likeness (QED) is 0.875. The summed E-state index contributed by atoms with van der Waals surface area (Å²) >= 11 is 3.45. The molecule has 98 valence electrons. The molecule has 0 spiro atoms. The molecular formula is C15H19BrFN. The van der Waals surface area contributed by atoms with Crippen LogP contribution in [-0.2, 0) is 0 Å². The lowest BCUT2D eigenvalue weighted by Crippen LogP contribution is -2.28. The van der Waals surface area contributed by atoms with E-state index in [4.69, 9.17) is 0 Å². The average Bonchev–Trinajstić information content (AvgIpc) is 2.97. The summed E-state index contributed by atoms with van der Waals surface area (Å²) in [5, 5.41) is 3.49. The van der Waals surface area contributed by atoms with Gasteiger partial charge in [0.25, 0.3) is 0 Å². The zero-order valence-electron chi connectivity index (χ0n) is 10.6. The molecule has 0 aromatic heterocycles. The first-order valence-electron chi connectivity index (χ1n) is 6.87. The number of nitrogens with one attached hydrogen (secondary N) is 1. The number of benzene rings is 1. The van der Waals surface area contributed by atoms with Crippen LogP contribution in [0.15, 0.2) is 22.7 Å². The molecule has 3 rings (SSSR count). The van der Waals surface area contributed by atoms with Gasteiger partial charge in [-0.1, -0.05) is 22.9 Å². The van der Waals surface area contributed by atoms with Gasteiger partial charge in [0.05, 0.1) is 0 Å². The van der Waals surface area contributed by atoms with Crippen molar-refractivity contribution < 1.29 is 4.39 Å². The van der Waals surface area contributed by atoms with Crippen LogP contribution < -0.4 is 5.32 Å². The summed E-state index contributed by atoms with van der Waals surface area (Å²) in [6.45, 7) is 2.99. The minimum Gasteiger partial charge on any atom is -0.310 e. The molecule has 3 unspecified atom stereocenters. The standard InChI is InChI=1S/C15H19BrFN/c1-2-18-15(11-6-9-5-10(9)7-11)13-8-12(16)3-4-14(13)17/h3-4,8-11,15,18H,2,5-7H2,1H3. The first-order valence-corrected chi connectivity index (χ1v) is 7.66. The van der Waals surface area contributed by atoms with Crippen LogP contribution in [0.2, 0.25) is 0 Å². The van der Waals surface area contributed by atoms with Gasteiger partial charge >= 0.3 is 0 Å². The van der Waals surface area contributed by atoms with Crippen LogP contribution in [0.4, 0.5) is 4.39 Å². The van der Waals surface area contributed by atoms with E-state index < -0.39 is 0 Å². The molecule has 2 aliphatic carbocycles. The maximum atomic E-state index is 14.0. The van der Waals surface area contributed by atoms with Crippen molar-refractivity contribution in [2.24, 2.45) is 17.8 Å². The molecule has 0 aliphatic heterocycles. The highest BCUT2D eigenvalue weighted by molar-refractivity contribution is 9.10. The summed E-state index contributed by atoms with van der Waals surface area (Å²) < 4.78 is 15.0. The molecule has 2 aliphatic rings. The predicted octanol–water partition coefficient (Wildman–Crippen LogP) is 4.28. The van der Waals surface area contributed by atoms with Crippen LogP contribution in [0.1, 0.15) is 37.8 Å². The van der Waals surface area contributed by atoms with Crippen LogP contribution in [-0.4, -0.2) is 6.54 Å². The van der Waals surface area contributed by atoms with Crippen LogP contribution in [0, 0.1) is 23.6 Å². The minimum atomic E-state index is -0.0790. The lowest BCUT2D eigenvalue weighted by atomic mass is 9.89. The third-order valence-corrected chi connectivity index (χ3v) is 4.96. The average molecular weight is 312 g/mol. The first-order chi connectivity index (χ1) is 8.69. The molecule has 0 saturated heterocycles. The molecule has 0 bridgehead atoms. The van der Waals surface area contributed by atoms with E-state index in [1.807, 2.05) is 6.07 Å². The zero-order chi connectivity index (χ0) is 12.7. The van der Waals surface area contributed by atoms with Gasteiger partial charge in [0.1, 0.15) is 5.82 Å². The highest BCUT2D eigenvalue weighted by atomic mass is 79.9. The molecule has 1 aromatic rings. The maximum absolute atomic E-state index is 14.0. The second-order valence-electron chi connectivity index (χ2n) is 5.69. The van der Waals surface area contributed by atoms with Gasteiger partial charge in [0.15, 0.2) is 0 Å². The van der Waals surface area contributed by atoms with Gasteiger partial charge in [-0.3, -0.25) is 0 Å². The van der Waals surface area contributed by atoms with Crippen molar-refractivity contribution in [2.45, 2.75) is 32.2 Å². The summed E-state index contributed by atoms with van der Waals surface area (Å²) in [4.78, 5) is 0. The zero-order valence-corrected chi connectivity index (χ0v) is 12.2. The molecule has 2 saturated carbocycles. The van der Waals surface area contributed by atoms with Gasteiger partial charge in [-0.2, -0.15) is 0 Å². The fourth-order valence-corrected chi connectivity index (χ4v) is 3.92. The van der Waals surface area contributed by atoms with E-state index in [0.717, 1.165) is 28.4 Å². The number of halogens is 2. The van der Waals surface area contributed by atoms with Gasteiger partial charge in [0.2, 0.25) is 0 Å². The monoisotopic (exact) mass is 311 g/mol. The predicted molar refractivity (Wildman–Crippen MR) is 74.8 cm³/mol. The van der Waals surface area contributed by atoms with Crippen LogP contribution in [0.25, 0.3) is 0 Å². The molecule has 0 amide bonds. The molecule has 1 aromatic carbocycles. The Kier molecular flexibility index (Phi) is 3.46.